The van der Waals surface area contributed by atoms with Crippen LogP contribution in [0.15, 0.2) is 200 Å². The molecular formula is C52H33N7. The first-order chi connectivity index (χ1) is 29.3. The molecule has 0 saturated carbocycles. The number of aromatic nitrogens is 7. The van der Waals surface area contributed by atoms with Crippen molar-refractivity contribution in [3.05, 3.63) is 200 Å². The van der Waals surface area contributed by atoms with Crippen LogP contribution < -0.4 is 0 Å². The van der Waals surface area contributed by atoms with E-state index in [1.54, 1.807) is 0 Å². The summed E-state index contributed by atoms with van der Waals surface area (Å²) < 4.78 is 6.79. The third kappa shape index (κ3) is 5.29. The van der Waals surface area contributed by atoms with Gasteiger partial charge in [0, 0.05) is 49.6 Å². The maximum absolute atomic E-state index is 5.25. The van der Waals surface area contributed by atoms with E-state index < -0.39 is 0 Å². The third-order valence-electron chi connectivity index (χ3n) is 11.3. The zero-order valence-electron chi connectivity index (χ0n) is 31.7. The molecule has 7 heteroatoms. The summed E-state index contributed by atoms with van der Waals surface area (Å²) in [5.74, 6) is 2.68. The topological polar surface area (TPSA) is 66.3 Å². The van der Waals surface area contributed by atoms with Gasteiger partial charge in [-0.1, -0.05) is 127 Å². The molecule has 0 aliphatic carbocycles. The number of benzene rings is 8. The van der Waals surface area contributed by atoms with Crippen molar-refractivity contribution < 1.29 is 0 Å². The van der Waals surface area contributed by atoms with Crippen molar-refractivity contribution in [2.24, 2.45) is 0 Å². The molecule has 4 heterocycles. The van der Waals surface area contributed by atoms with Crippen molar-refractivity contribution in [3.8, 4) is 51.5 Å². The zero-order chi connectivity index (χ0) is 38.9. The van der Waals surface area contributed by atoms with Crippen molar-refractivity contribution in [2.45, 2.75) is 0 Å². The van der Waals surface area contributed by atoms with Crippen molar-refractivity contribution >= 4 is 54.6 Å². The minimum Gasteiger partial charge on any atom is -0.309 e. The molecule has 276 valence electrons. The molecule has 12 aromatic rings. The fourth-order valence-electron chi connectivity index (χ4n) is 8.65. The molecule has 0 saturated heterocycles. The van der Waals surface area contributed by atoms with Gasteiger partial charge in [0.25, 0.3) is 0 Å². The minimum absolute atomic E-state index is 0.564. The number of fused-ring (bicyclic) bond motifs is 7. The van der Waals surface area contributed by atoms with Crippen molar-refractivity contribution in [1.29, 1.82) is 0 Å². The summed E-state index contributed by atoms with van der Waals surface area (Å²) in [5.41, 5.74) is 11.4. The first-order valence-electron chi connectivity index (χ1n) is 19.7. The van der Waals surface area contributed by atoms with Gasteiger partial charge < -0.3 is 4.57 Å². The summed E-state index contributed by atoms with van der Waals surface area (Å²) in [7, 11) is 0. The molecule has 0 spiro atoms. The lowest BCUT2D eigenvalue weighted by atomic mass is 10.1. The molecule has 7 nitrogen and oxygen atoms in total. The quantitative estimate of drug-likeness (QED) is 0.169. The van der Waals surface area contributed by atoms with Crippen LogP contribution in [0.3, 0.4) is 0 Å². The van der Waals surface area contributed by atoms with E-state index in [0.717, 1.165) is 66.7 Å². The molecule has 0 unspecified atom stereocenters. The van der Waals surface area contributed by atoms with Crippen molar-refractivity contribution in [3.63, 3.8) is 0 Å². The lowest BCUT2D eigenvalue weighted by Gasteiger charge is -2.13. The molecule has 0 N–H and O–H groups in total. The van der Waals surface area contributed by atoms with Crippen LogP contribution in [-0.4, -0.2) is 33.6 Å². The molecule has 59 heavy (non-hydrogen) atoms. The highest BCUT2D eigenvalue weighted by Crippen LogP contribution is 2.37. The Morgan fingerprint density at radius 1 is 0.288 bits per heavy atom. The first kappa shape index (κ1) is 33.0. The summed E-state index contributed by atoms with van der Waals surface area (Å²) in [6.07, 6.45) is 0. The zero-order valence-corrected chi connectivity index (χ0v) is 31.7. The Morgan fingerprint density at radius 3 is 1.37 bits per heavy atom. The standard InChI is InChI=1S/C52H33N7/c1-3-15-34(16-4-1)49-54-50(35-17-5-2-6-18-35)56-52(55-49)59-46-25-13-9-21-41(46)42-33-38(31-32-47(42)59)58-48-26-14-10-22-43(48)53-51(58)36-27-29-37(30-28-36)57-44-23-11-7-19-39(44)40-20-8-12-24-45(40)57/h1-33H. The Labute approximate surface area is 338 Å². The summed E-state index contributed by atoms with van der Waals surface area (Å²) in [6, 6.07) is 69.7. The maximum atomic E-state index is 5.25. The van der Waals surface area contributed by atoms with E-state index in [0.29, 0.717) is 17.6 Å². The van der Waals surface area contributed by atoms with Crippen LogP contribution in [0.1, 0.15) is 0 Å². The maximum Gasteiger partial charge on any atom is 0.238 e. The van der Waals surface area contributed by atoms with Crippen molar-refractivity contribution in [2.75, 3.05) is 0 Å². The highest BCUT2D eigenvalue weighted by atomic mass is 15.2. The summed E-state index contributed by atoms with van der Waals surface area (Å²) >= 11 is 0. The Hall–Kier alpha value is -8.16. The average molecular weight is 756 g/mol. The van der Waals surface area contributed by atoms with E-state index >= 15 is 0 Å². The Kier molecular flexibility index (Phi) is 7.40. The molecule has 0 radical (unpaired) electrons. The fraction of sp³-hybridized carbons (Fsp3) is 0. The first-order valence-corrected chi connectivity index (χ1v) is 19.7. The van der Waals surface area contributed by atoms with E-state index in [1.807, 2.05) is 66.7 Å². The molecule has 12 rings (SSSR count). The normalized spacial score (nSPS) is 11.7. The second kappa shape index (κ2) is 13.2. The van der Waals surface area contributed by atoms with Gasteiger partial charge in [-0.2, -0.15) is 9.97 Å². The highest BCUT2D eigenvalue weighted by Gasteiger charge is 2.21. The molecule has 8 aromatic carbocycles. The lowest BCUT2D eigenvalue weighted by Crippen LogP contribution is -2.06. The molecule has 0 bridgehead atoms. The smallest absolute Gasteiger partial charge is 0.238 e. The Balaban J connectivity index is 1.03. The van der Waals surface area contributed by atoms with Crippen LogP contribution in [-0.2, 0) is 0 Å². The predicted octanol–water partition coefficient (Wildman–Crippen LogP) is 12.4. The van der Waals surface area contributed by atoms with Gasteiger partial charge in [-0.25, -0.2) is 9.97 Å². The van der Waals surface area contributed by atoms with Gasteiger partial charge in [0.1, 0.15) is 5.82 Å². The van der Waals surface area contributed by atoms with Gasteiger partial charge >= 0.3 is 0 Å². The van der Waals surface area contributed by atoms with Crippen molar-refractivity contribution in [1.82, 2.24) is 33.6 Å². The molecule has 0 atom stereocenters. The van der Waals surface area contributed by atoms with Gasteiger partial charge in [0.05, 0.1) is 33.1 Å². The van der Waals surface area contributed by atoms with Gasteiger partial charge in [-0.15, -0.1) is 0 Å². The van der Waals surface area contributed by atoms with Crippen LogP contribution >= 0.6 is 0 Å². The van der Waals surface area contributed by atoms with Crippen LogP contribution in [0.25, 0.3) is 106 Å². The van der Waals surface area contributed by atoms with Gasteiger partial charge in [-0.3, -0.25) is 9.13 Å². The summed E-state index contributed by atoms with van der Waals surface area (Å²) in [6.45, 7) is 0. The monoisotopic (exact) mass is 755 g/mol. The number of hydrogen-bond acceptors (Lipinski definition) is 4. The Bertz CT molecular complexity index is 3430. The van der Waals surface area contributed by atoms with Crippen LogP contribution in [0, 0.1) is 0 Å². The lowest BCUT2D eigenvalue weighted by molar-refractivity contribution is 0.953. The number of rotatable bonds is 6. The van der Waals surface area contributed by atoms with E-state index in [9.17, 15) is 0 Å². The Morgan fingerprint density at radius 2 is 0.763 bits per heavy atom. The van der Waals surface area contributed by atoms with E-state index in [1.165, 1.54) is 21.8 Å². The second-order valence-corrected chi connectivity index (χ2v) is 14.7. The number of nitrogens with zero attached hydrogens (tertiary/aromatic N) is 7. The summed E-state index contributed by atoms with van der Waals surface area (Å²) in [5, 5.41) is 4.68. The van der Waals surface area contributed by atoms with E-state index in [-0.39, 0.29) is 0 Å². The van der Waals surface area contributed by atoms with Gasteiger partial charge in [-0.05, 0) is 72.8 Å². The second-order valence-electron chi connectivity index (χ2n) is 14.7. The highest BCUT2D eigenvalue weighted by molar-refractivity contribution is 6.10. The third-order valence-corrected chi connectivity index (χ3v) is 11.3. The minimum atomic E-state index is 0.564. The fourth-order valence-corrected chi connectivity index (χ4v) is 8.65. The summed E-state index contributed by atoms with van der Waals surface area (Å²) in [4.78, 5) is 20.4. The van der Waals surface area contributed by atoms with Gasteiger partial charge in [0.2, 0.25) is 5.95 Å². The van der Waals surface area contributed by atoms with Gasteiger partial charge in [0.15, 0.2) is 11.6 Å². The molecule has 4 aromatic heterocycles. The molecule has 0 aliphatic rings. The van der Waals surface area contributed by atoms with E-state index in [2.05, 4.69) is 147 Å². The number of hydrogen-bond donors (Lipinski definition) is 0. The molecular weight excluding hydrogens is 723 g/mol. The van der Waals surface area contributed by atoms with Crippen LogP contribution in [0.2, 0.25) is 0 Å². The van der Waals surface area contributed by atoms with E-state index in [4.69, 9.17) is 19.9 Å². The average Bonchev–Trinajstić information content (AvgIpc) is 3.97. The molecule has 0 fully saturated rings. The molecule has 0 aliphatic heterocycles. The number of imidazole rings is 1. The predicted molar refractivity (Wildman–Crippen MR) is 239 cm³/mol. The number of para-hydroxylation sites is 5. The van der Waals surface area contributed by atoms with Crippen LogP contribution in [0.4, 0.5) is 0 Å². The van der Waals surface area contributed by atoms with Crippen LogP contribution in [0.5, 0.6) is 0 Å². The molecule has 0 amide bonds. The largest absolute Gasteiger partial charge is 0.309 e. The SMILES string of the molecule is c1ccc(-c2nc(-c3ccccc3)nc(-n3c4ccccc4c4cc(-n5c(-c6ccc(-n7c8ccccc8c8ccccc87)cc6)nc6ccccc65)ccc43)n2)cc1.